The van der Waals surface area contributed by atoms with Gasteiger partial charge in [0, 0.05) is 57.3 Å². The van der Waals surface area contributed by atoms with Crippen molar-refractivity contribution in [1.82, 2.24) is 15.2 Å². The second-order valence-electron chi connectivity index (χ2n) is 7.85. The van der Waals surface area contributed by atoms with Crippen LogP contribution in [-0.4, -0.2) is 65.4 Å². The molecule has 1 saturated carbocycles. The van der Waals surface area contributed by atoms with Gasteiger partial charge in [0.05, 0.1) is 27.4 Å². The van der Waals surface area contributed by atoms with E-state index in [-0.39, 0.29) is 27.8 Å². The van der Waals surface area contributed by atoms with Crippen molar-refractivity contribution in [2.75, 3.05) is 20.1 Å². The van der Waals surface area contributed by atoms with Crippen LogP contribution in [0.1, 0.15) is 41.6 Å². The fraction of sp³-hybridized carbons (Fsp3) is 0.550. The van der Waals surface area contributed by atoms with Gasteiger partial charge in [-0.15, -0.1) is 11.3 Å². The zero-order valence-corrected chi connectivity index (χ0v) is 18.0. The van der Waals surface area contributed by atoms with E-state index in [0.717, 1.165) is 17.4 Å². The highest BCUT2D eigenvalue weighted by Crippen LogP contribution is 2.40. The summed E-state index contributed by atoms with van der Waals surface area (Å²) in [6, 6.07) is 0.856. The molecule has 1 saturated heterocycles. The number of thiophene rings is 1. The number of aromatic nitrogens is 1. The van der Waals surface area contributed by atoms with Crippen LogP contribution in [0, 0.1) is 0 Å². The molecule has 0 atom stereocenters. The molecule has 0 unspecified atom stereocenters. The van der Waals surface area contributed by atoms with E-state index in [1.807, 2.05) is 0 Å². The summed E-state index contributed by atoms with van der Waals surface area (Å²) in [5.74, 6) is -0.738. The Morgan fingerprint density at radius 3 is 2.53 bits per heavy atom. The van der Waals surface area contributed by atoms with Gasteiger partial charge in [-0.25, -0.2) is 9.78 Å². The first-order valence-corrected chi connectivity index (χ1v) is 11.1. The molecule has 32 heavy (non-hydrogen) atoms. The highest BCUT2D eigenvalue weighted by Gasteiger charge is 2.36. The van der Waals surface area contributed by atoms with E-state index >= 15 is 0 Å². The number of nitrogens with zero attached hydrogens (tertiary/aromatic N) is 2. The number of alkyl halides is 3. The van der Waals surface area contributed by atoms with Crippen LogP contribution in [-0.2, 0) is 10.9 Å². The number of aliphatic hydroxyl groups is 1. The topological polar surface area (TPSA) is 101 Å². The number of likely N-dealkylation sites (tertiary alicyclic amines) is 1. The predicted octanol–water partition coefficient (Wildman–Crippen LogP) is 3.18. The van der Waals surface area contributed by atoms with E-state index in [4.69, 9.17) is 9.47 Å². The van der Waals surface area contributed by atoms with Crippen molar-refractivity contribution in [3.63, 3.8) is 0 Å². The van der Waals surface area contributed by atoms with Gasteiger partial charge < -0.3 is 24.8 Å². The molecule has 12 heteroatoms. The Balaban J connectivity index is 1.46. The molecule has 2 amide bonds. The number of halogens is 3. The second-order valence-corrected chi connectivity index (χ2v) is 8.73. The number of hydrogen-bond donors (Lipinski definition) is 2. The summed E-state index contributed by atoms with van der Waals surface area (Å²) in [6.07, 6.45) is -4.57. The van der Waals surface area contributed by atoms with Gasteiger partial charge in [-0.3, -0.25) is 4.79 Å². The van der Waals surface area contributed by atoms with Crippen molar-refractivity contribution >= 4 is 33.6 Å². The maximum absolute atomic E-state index is 13.6. The Morgan fingerprint density at radius 1 is 1.25 bits per heavy atom. The highest BCUT2D eigenvalue weighted by molar-refractivity contribution is 7.17. The number of amides is 2. The number of piperidine rings is 1. The molecule has 2 N–H and O–H groups in total. The summed E-state index contributed by atoms with van der Waals surface area (Å²) in [4.78, 5) is 29.9. The summed E-state index contributed by atoms with van der Waals surface area (Å²) < 4.78 is 51.8. The van der Waals surface area contributed by atoms with E-state index in [0.29, 0.717) is 38.8 Å². The number of ether oxygens (including phenoxy) is 2. The lowest BCUT2D eigenvalue weighted by atomic mass is 9.92. The van der Waals surface area contributed by atoms with Crippen LogP contribution < -0.4 is 10.1 Å². The van der Waals surface area contributed by atoms with Crippen LogP contribution in [0.2, 0.25) is 0 Å². The minimum atomic E-state index is -4.63. The van der Waals surface area contributed by atoms with Crippen LogP contribution in [0.3, 0.4) is 0 Å². The average Bonchev–Trinajstić information content (AvgIpc) is 3.15. The zero-order chi connectivity index (χ0) is 23.0. The number of rotatable bonds is 4. The van der Waals surface area contributed by atoms with Gasteiger partial charge in [0.2, 0.25) is 5.88 Å². The van der Waals surface area contributed by atoms with Crippen LogP contribution in [0.5, 0.6) is 5.88 Å². The third-order valence-corrected chi connectivity index (χ3v) is 6.60. The fourth-order valence-electron chi connectivity index (χ4n) is 3.73. The Morgan fingerprint density at radius 2 is 1.94 bits per heavy atom. The van der Waals surface area contributed by atoms with Gasteiger partial charge in [-0.1, -0.05) is 0 Å². The van der Waals surface area contributed by atoms with Crippen molar-refractivity contribution in [2.24, 2.45) is 0 Å². The molecule has 2 aliphatic rings. The molecule has 0 radical (unpaired) electrons. The fourth-order valence-corrected chi connectivity index (χ4v) is 4.75. The van der Waals surface area contributed by atoms with Crippen molar-refractivity contribution < 1.29 is 37.3 Å². The van der Waals surface area contributed by atoms with E-state index in [2.05, 4.69) is 10.3 Å². The first-order chi connectivity index (χ1) is 15.2. The van der Waals surface area contributed by atoms with Gasteiger partial charge in [-0.05, 0) is 0 Å². The molecule has 0 aromatic carbocycles. The van der Waals surface area contributed by atoms with Crippen molar-refractivity contribution in [2.45, 2.75) is 50.2 Å². The van der Waals surface area contributed by atoms with Crippen molar-refractivity contribution in [3.05, 3.63) is 22.6 Å². The minimum Gasteiger partial charge on any atom is -0.474 e. The normalized spacial score (nSPS) is 21.8. The third-order valence-electron chi connectivity index (χ3n) is 5.60. The first kappa shape index (κ1) is 22.6. The van der Waals surface area contributed by atoms with E-state index in [1.165, 1.54) is 17.3 Å². The first-order valence-electron chi connectivity index (χ1n) is 10.2. The molecule has 2 aromatic rings. The van der Waals surface area contributed by atoms with E-state index in [1.54, 1.807) is 0 Å². The van der Waals surface area contributed by atoms with Crippen LogP contribution in [0.4, 0.5) is 18.0 Å². The Bertz CT molecular complexity index is 1010. The van der Waals surface area contributed by atoms with Gasteiger partial charge in [0.25, 0.3) is 5.91 Å². The quantitative estimate of drug-likeness (QED) is 0.708. The molecule has 174 valence electrons. The SMILES string of the molecule is CNC(=O)c1csc2c(C(F)(F)F)cc(OC3CCN(C(=O)O[C@H]4C[C@@H](O)C4)CC3)nc12. The summed E-state index contributed by atoms with van der Waals surface area (Å²) in [7, 11) is 1.39. The maximum Gasteiger partial charge on any atom is 0.418 e. The lowest BCUT2D eigenvalue weighted by Crippen LogP contribution is -2.45. The number of pyridine rings is 1. The van der Waals surface area contributed by atoms with Crippen LogP contribution in [0.25, 0.3) is 10.2 Å². The number of hydrogen-bond acceptors (Lipinski definition) is 7. The number of carbonyl (C=O) groups is 2. The summed E-state index contributed by atoms with van der Waals surface area (Å²) >= 11 is 0.808. The molecule has 2 fully saturated rings. The lowest BCUT2D eigenvalue weighted by molar-refractivity contribution is -0.136. The number of nitrogens with one attached hydrogen (secondary N) is 1. The Hall–Kier alpha value is -2.60. The molecule has 1 aliphatic carbocycles. The number of carbonyl (C=O) groups excluding carboxylic acids is 2. The molecule has 3 heterocycles. The minimum absolute atomic E-state index is 0.0529. The molecular formula is C20H22F3N3O5S. The highest BCUT2D eigenvalue weighted by atomic mass is 32.1. The smallest absolute Gasteiger partial charge is 0.418 e. The van der Waals surface area contributed by atoms with Gasteiger partial charge in [0.1, 0.15) is 12.2 Å². The average molecular weight is 473 g/mol. The van der Waals surface area contributed by atoms with Gasteiger partial charge in [0.15, 0.2) is 0 Å². The lowest BCUT2D eigenvalue weighted by Gasteiger charge is -2.35. The van der Waals surface area contributed by atoms with Crippen molar-refractivity contribution in [1.29, 1.82) is 0 Å². The maximum atomic E-state index is 13.6. The monoisotopic (exact) mass is 473 g/mol. The Kier molecular flexibility index (Phi) is 6.17. The number of fused-ring (bicyclic) bond motifs is 1. The van der Waals surface area contributed by atoms with Gasteiger partial charge >= 0.3 is 12.3 Å². The predicted molar refractivity (Wildman–Crippen MR) is 109 cm³/mol. The summed E-state index contributed by atoms with van der Waals surface area (Å²) in [6.45, 7) is 0.657. The number of aliphatic hydroxyl groups excluding tert-OH is 1. The molecule has 1 aliphatic heterocycles. The summed E-state index contributed by atoms with van der Waals surface area (Å²) in [5.41, 5.74) is -0.897. The van der Waals surface area contributed by atoms with Gasteiger partial charge in [-0.2, -0.15) is 13.2 Å². The van der Waals surface area contributed by atoms with Crippen molar-refractivity contribution in [3.8, 4) is 5.88 Å². The molecule has 8 nitrogen and oxygen atoms in total. The largest absolute Gasteiger partial charge is 0.474 e. The van der Waals surface area contributed by atoms with E-state index in [9.17, 15) is 27.9 Å². The zero-order valence-electron chi connectivity index (χ0n) is 17.1. The third kappa shape index (κ3) is 4.60. The molecule has 0 bridgehead atoms. The molecule has 2 aromatic heterocycles. The molecule has 0 spiro atoms. The molecular weight excluding hydrogens is 451 g/mol. The second kappa shape index (κ2) is 8.74. The Labute approximate surface area is 185 Å². The standard InChI is InChI=1S/C20H22F3N3O5S/c1-24-18(28)13-9-32-17-14(20(21,22)23)8-15(25-16(13)17)30-11-2-4-26(5-3-11)19(29)31-12-6-10(27)7-12/h8-12,27H,2-7H2,1H3,(H,24,28)/t10-,12+. The van der Waals surface area contributed by atoms with Crippen LogP contribution >= 0.6 is 11.3 Å². The summed E-state index contributed by atoms with van der Waals surface area (Å²) in [5, 5.41) is 13.0. The van der Waals surface area contributed by atoms with E-state index < -0.39 is 35.9 Å². The van der Waals surface area contributed by atoms with Crippen LogP contribution in [0.15, 0.2) is 11.4 Å². The molecule has 4 rings (SSSR count).